The summed E-state index contributed by atoms with van der Waals surface area (Å²) in [5, 5.41) is 1.14. The van der Waals surface area contributed by atoms with Crippen LogP contribution in [-0.2, 0) is 12.8 Å². The molecule has 4 N–H and O–H groups in total. The van der Waals surface area contributed by atoms with Gasteiger partial charge in [0.2, 0.25) is 0 Å². The zero-order valence-electron chi connectivity index (χ0n) is 8.49. The van der Waals surface area contributed by atoms with Gasteiger partial charge in [-0.25, -0.2) is 0 Å². The predicted molar refractivity (Wildman–Crippen MR) is 60.6 cm³/mol. The number of nitrogens with two attached hydrogens (primary N) is 2. The average molecular weight is 202 g/mol. The van der Waals surface area contributed by atoms with Gasteiger partial charge in [0, 0.05) is 29.1 Å². The normalized spacial score (nSPS) is 20.5. The standard InChI is InChI=1S/C12H14N2O/c13-7-1-3-11-9(5-7)10-6-8(14)2-4-12(10)15-11/h1,3,5,8H,2,4,6,13-14H2. The highest BCUT2D eigenvalue weighted by Crippen LogP contribution is 2.32. The third-order valence-corrected chi connectivity index (χ3v) is 3.11. The lowest BCUT2D eigenvalue weighted by Gasteiger charge is -2.16. The van der Waals surface area contributed by atoms with Crippen LogP contribution < -0.4 is 11.5 Å². The third-order valence-electron chi connectivity index (χ3n) is 3.11. The number of rotatable bonds is 0. The van der Waals surface area contributed by atoms with Crippen molar-refractivity contribution in [3.8, 4) is 0 Å². The molecule has 1 heterocycles. The van der Waals surface area contributed by atoms with E-state index >= 15 is 0 Å². The second kappa shape index (κ2) is 3.00. The number of fused-ring (bicyclic) bond motifs is 3. The number of anilines is 1. The van der Waals surface area contributed by atoms with Crippen LogP contribution in [0.25, 0.3) is 11.0 Å². The molecule has 1 aliphatic rings. The first-order chi connectivity index (χ1) is 7.24. The molecule has 0 amide bonds. The van der Waals surface area contributed by atoms with Crippen molar-refractivity contribution in [1.29, 1.82) is 0 Å². The van der Waals surface area contributed by atoms with Crippen LogP contribution in [0.3, 0.4) is 0 Å². The highest BCUT2D eigenvalue weighted by atomic mass is 16.3. The summed E-state index contributed by atoms with van der Waals surface area (Å²) in [6, 6.07) is 6.06. The van der Waals surface area contributed by atoms with Gasteiger partial charge in [-0.1, -0.05) is 0 Å². The molecule has 2 aromatic rings. The summed E-state index contributed by atoms with van der Waals surface area (Å²) in [7, 11) is 0. The molecule has 0 bridgehead atoms. The first kappa shape index (κ1) is 8.80. The maximum absolute atomic E-state index is 5.96. The van der Waals surface area contributed by atoms with Gasteiger partial charge in [-0.3, -0.25) is 0 Å². The lowest BCUT2D eigenvalue weighted by Crippen LogP contribution is -2.27. The zero-order valence-corrected chi connectivity index (χ0v) is 8.49. The monoisotopic (exact) mass is 202 g/mol. The van der Waals surface area contributed by atoms with Crippen LogP contribution in [0.4, 0.5) is 5.69 Å². The Labute approximate surface area is 88.0 Å². The second-order valence-electron chi connectivity index (χ2n) is 4.26. The predicted octanol–water partition coefficient (Wildman–Crippen LogP) is 1.83. The van der Waals surface area contributed by atoms with Crippen molar-refractivity contribution in [3.05, 3.63) is 29.5 Å². The van der Waals surface area contributed by atoms with Gasteiger partial charge in [0.05, 0.1) is 0 Å². The van der Waals surface area contributed by atoms with E-state index in [1.54, 1.807) is 0 Å². The van der Waals surface area contributed by atoms with Crippen LogP contribution in [-0.4, -0.2) is 6.04 Å². The van der Waals surface area contributed by atoms with Crippen LogP contribution >= 0.6 is 0 Å². The van der Waals surface area contributed by atoms with Crippen LogP contribution in [0.5, 0.6) is 0 Å². The summed E-state index contributed by atoms with van der Waals surface area (Å²) in [6.45, 7) is 0. The van der Waals surface area contributed by atoms with Crippen molar-refractivity contribution in [3.63, 3.8) is 0 Å². The molecule has 1 atom stereocenters. The van der Waals surface area contributed by atoms with E-state index in [-0.39, 0.29) is 6.04 Å². The fourth-order valence-electron chi connectivity index (χ4n) is 2.32. The minimum Gasteiger partial charge on any atom is -0.461 e. The zero-order chi connectivity index (χ0) is 10.4. The van der Waals surface area contributed by atoms with Crippen LogP contribution in [0.2, 0.25) is 0 Å². The lowest BCUT2D eigenvalue weighted by molar-refractivity contribution is 0.476. The van der Waals surface area contributed by atoms with Gasteiger partial charge in [-0.2, -0.15) is 0 Å². The van der Waals surface area contributed by atoms with E-state index in [4.69, 9.17) is 15.9 Å². The van der Waals surface area contributed by atoms with E-state index < -0.39 is 0 Å². The molecule has 15 heavy (non-hydrogen) atoms. The van der Waals surface area contributed by atoms with Crippen molar-refractivity contribution >= 4 is 16.7 Å². The van der Waals surface area contributed by atoms with E-state index in [1.165, 1.54) is 5.56 Å². The summed E-state index contributed by atoms with van der Waals surface area (Å²) >= 11 is 0. The van der Waals surface area contributed by atoms with Crippen LogP contribution in [0, 0.1) is 0 Å². The molecule has 0 saturated carbocycles. The Morgan fingerprint density at radius 2 is 2.20 bits per heavy atom. The smallest absolute Gasteiger partial charge is 0.134 e. The number of furan rings is 1. The Hall–Kier alpha value is -1.48. The van der Waals surface area contributed by atoms with Gasteiger partial charge in [-0.15, -0.1) is 0 Å². The number of benzene rings is 1. The maximum Gasteiger partial charge on any atom is 0.134 e. The van der Waals surface area contributed by atoms with Crippen LogP contribution in [0.15, 0.2) is 22.6 Å². The summed E-state index contributed by atoms with van der Waals surface area (Å²) in [6.07, 6.45) is 2.87. The van der Waals surface area contributed by atoms with Crippen molar-refractivity contribution in [2.45, 2.75) is 25.3 Å². The van der Waals surface area contributed by atoms with Crippen LogP contribution in [0.1, 0.15) is 17.7 Å². The molecular formula is C12H14N2O. The van der Waals surface area contributed by atoms with Gasteiger partial charge in [0.1, 0.15) is 11.3 Å². The highest BCUT2D eigenvalue weighted by Gasteiger charge is 2.21. The highest BCUT2D eigenvalue weighted by molar-refractivity contribution is 5.85. The fourth-order valence-corrected chi connectivity index (χ4v) is 2.32. The van der Waals surface area contributed by atoms with Gasteiger partial charge < -0.3 is 15.9 Å². The van der Waals surface area contributed by atoms with E-state index in [0.717, 1.165) is 41.7 Å². The Kier molecular flexibility index (Phi) is 1.76. The number of hydrogen-bond donors (Lipinski definition) is 2. The second-order valence-corrected chi connectivity index (χ2v) is 4.26. The molecule has 0 fully saturated rings. The molecule has 3 heteroatoms. The molecule has 1 aromatic carbocycles. The first-order valence-corrected chi connectivity index (χ1v) is 5.29. The first-order valence-electron chi connectivity index (χ1n) is 5.29. The Bertz CT molecular complexity index is 516. The molecule has 1 unspecified atom stereocenters. The molecule has 0 saturated heterocycles. The van der Waals surface area contributed by atoms with E-state index in [1.807, 2.05) is 18.2 Å². The van der Waals surface area contributed by atoms with Crippen molar-refractivity contribution in [2.24, 2.45) is 5.73 Å². The summed E-state index contributed by atoms with van der Waals surface area (Å²) in [4.78, 5) is 0. The lowest BCUT2D eigenvalue weighted by atomic mass is 9.92. The number of aryl methyl sites for hydroxylation is 1. The average Bonchev–Trinajstić information content (AvgIpc) is 2.56. The Morgan fingerprint density at radius 1 is 1.33 bits per heavy atom. The minimum absolute atomic E-state index is 0.264. The topological polar surface area (TPSA) is 65.2 Å². The van der Waals surface area contributed by atoms with E-state index in [2.05, 4.69) is 0 Å². The van der Waals surface area contributed by atoms with Gasteiger partial charge in [0.15, 0.2) is 0 Å². The number of hydrogen-bond acceptors (Lipinski definition) is 3. The Morgan fingerprint density at radius 3 is 3.07 bits per heavy atom. The molecule has 0 aliphatic heterocycles. The largest absolute Gasteiger partial charge is 0.461 e. The summed E-state index contributed by atoms with van der Waals surface area (Å²) in [5.41, 5.74) is 14.7. The molecule has 1 aliphatic carbocycles. The molecular weight excluding hydrogens is 188 g/mol. The molecule has 78 valence electrons. The molecule has 0 spiro atoms. The van der Waals surface area contributed by atoms with Gasteiger partial charge >= 0.3 is 0 Å². The quantitative estimate of drug-likeness (QED) is 0.640. The fraction of sp³-hybridized carbons (Fsp3) is 0.333. The minimum atomic E-state index is 0.264. The molecule has 3 rings (SSSR count). The van der Waals surface area contributed by atoms with Gasteiger partial charge in [-0.05, 0) is 31.0 Å². The van der Waals surface area contributed by atoms with Crippen molar-refractivity contribution in [2.75, 3.05) is 5.73 Å². The molecule has 0 radical (unpaired) electrons. The van der Waals surface area contributed by atoms with E-state index in [0.29, 0.717) is 0 Å². The maximum atomic E-state index is 5.96. The van der Waals surface area contributed by atoms with Crippen molar-refractivity contribution in [1.82, 2.24) is 0 Å². The SMILES string of the molecule is Nc1ccc2oc3c(c2c1)CC(N)CC3. The number of nitrogen functional groups attached to an aromatic ring is 1. The molecule has 3 nitrogen and oxygen atoms in total. The summed E-state index contributed by atoms with van der Waals surface area (Å²) < 4.78 is 5.78. The van der Waals surface area contributed by atoms with E-state index in [9.17, 15) is 0 Å². The van der Waals surface area contributed by atoms with Crippen molar-refractivity contribution < 1.29 is 4.42 Å². The Balaban J connectivity index is 2.25. The molecule has 1 aromatic heterocycles. The van der Waals surface area contributed by atoms with Gasteiger partial charge in [0.25, 0.3) is 0 Å². The summed E-state index contributed by atoms with van der Waals surface area (Å²) in [5.74, 6) is 1.09. The third kappa shape index (κ3) is 1.31.